The summed E-state index contributed by atoms with van der Waals surface area (Å²) in [7, 11) is 0. The van der Waals surface area contributed by atoms with Crippen LogP contribution in [0.25, 0.3) is 16.8 Å². The largest absolute Gasteiger partial charge is 0.481 e. The Morgan fingerprint density at radius 1 is 1.05 bits per heavy atom. The van der Waals surface area contributed by atoms with E-state index in [0.29, 0.717) is 30.0 Å². The van der Waals surface area contributed by atoms with Crippen LogP contribution in [0.4, 0.5) is 10.6 Å². The van der Waals surface area contributed by atoms with Crippen LogP contribution in [0.15, 0.2) is 79.0 Å². The van der Waals surface area contributed by atoms with E-state index in [0.717, 1.165) is 22.3 Å². The maximum atomic E-state index is 12.5. The Bertz CT molecular complexity index is 1530. The molecule has 0 aliphatic heterocycles. The van der Waals surface area contributed by atoms with Crippen LogP contribution in [-0.2, 0) is 21.4 Å². The van der Waals surface area contributed by atoms with E-state index < -0.39 is 17.5 Å². The molecule has 3 aromatic carbocycles. The molecule has 1 aliphatic carbocycles. The summed E-state index contributed by atoms with van der Waals surface area (Å²) >= 11 is 6.15. The SMILES string of the molecule is N#Cc1cnn(-c2ccc(-c3ccc(C4(C(=O)O)CC4)cc3)cc2)c1NC(=O)OCCc1ccccc1Cl. The van der Waals surface area contributed by atoms with Gasteiger partial charge in [0.25, 0.3) is 0 Å². The number of hydrogen-bond donors (Lipinski definition) is 2. The minimum Gasteiger partial charge on any atom is -0.481 e. The van der Waals surface area contributed by atoms with Crippen LogP contribution in [0.5, 0.6) is 0 Å². The number of amides is 1. The van der Waals surface area contributed by atoms with E-state index in [1.165, 1.54) is 10.9 Å². The normalized spacial score (nSPS) is 13.4. The topological polar surface area (TPSA) is 117 Å². The van der Waals surface area contributed by atoms with Gasteiger partial charge in [-0.1, -0.05) is 66.2 Å². The first kappa shape index (κ1) is 25.1. The fraction of sp³-hybridized carbons (Fsp3) is 0.172. The van der Waals surface area contributed by atoms with E-state index in [1.807, 2.05) is 72.8 Å². The Labute approximate surface area is 224 Å². The maximum Gasteiger partial charge on any atom is 0.412 e. The number of carbonyl (C=O) groups excluding carboxylic acids is 1. The molecule has 1 heterocycles. The molecule has 0 unspecified atom stereocenters. The third kappa shape index (κ3) is 4.97. The number of hydrogen-bond acceptors (Lipinski definition) is 5. The van der Waals surface area contributed by atoms with Crippen molar-refractivity contribution in [1.82, 2.24) is 9.78 Å². The van der Waals surface area contributed by atoms with Gasteiger partial charge in [0.2, 0.25) is 0 Å². The Morgan fingerprint density at radius 2 is 1.71 bits per heavy atom. The highest BCUT2D eigenvalue weighted by Gasteiger charge is 2.51. The van der Waals surface area contributed by atoms with Gasteiger partial charge in [0, 0.05) is 11.4 Å². The first-order valence-electron chi connectivity index (χ1n) is 12.0. The van der Waals surface area contributed by atoms with Crippen LogP contribution >= 0.6 is 11.6 Å². The van der Waals surface area contributed by atoms with Gasteiger partial charge in [0.05, 0.1) is 23.9 Å². The molecule has 38 heavy (non-hydrogen) atoms. The number of aliphatic carboxylic acids is 1. The molecule has 1 saturated carbocycles. The Kier molecular flexibility index (Phi) is 6.86. The lowest BCUT2D eigenvalue weighted by Crippen LogP contribution is -2.19. The highest BCUT2D eigenvalue weighted by molar-refractivity contribution is 6.31. The van der Waals surface area contributed by atoms with Crippen molar-refractivity contribution >= 4 is 29.5 Å². The van der Waals surface area contributed by atoms with Crippen molar-refractivity contribution in [3.8, 4) is 22.9 Å². The Hall–Kier alpha value is -4.61. The Morgan fingerprint density at radius 3 is 2.32 bits per heavy atom. The van der Waals surface area contributed by atoms with Crippen molar-refractivity contribution in [3.05, 3.63) is 101 Å². The zero-order chi connectivity index (χ0) is 26.7. The van der Waals surface area contributed by atoms with Crippen LogP contribution in [0.1, 0.15) is 29.5 Å². The summed E-state index contributed by atoms with van der Waals surface area (Å²) < 4.78 is 6.76. The number of carboxylic acids is 1. The number of aromatic nitrogens is 2. The fourth-order valence-corrected chi connectivity index (χ4v) is 4.59. The van der Waals surface area contributed by atoms with Crippen LogP contribution in [0, 0.1) is 11.3 Å². The van der Waals surface area contributed by atoms with Gasteiger partial charge in [0.15, 0.2) is 5.82 Å². The van der Waals surface area contributed by atoms with Gasteiger partial charge in [-0.05, 0) is 53.3 Å². The molecule has 4 aromatic rings. The Balaban J connectivity index is 1.28. The van der Waals surface area contributed by atoms with Crippen LogP contribution in [-0.4, -0.2) is 33.6 Å². The summed E-state index contributed by atoms with van der Waals surface area (Å²) in [4.78, 5) is 24.1. The molecule has 0 spiro atoms. The maximum absolute atomic E-state index is 12.5. The number of ether oxygens (including phenoxy) is 1. The van der Waals surface area contributed by atoms with E-state index in [2.05, 4.69) is 10.4 Å². The first-order chi connectivity index (χ1) is 18.4. The number of nitrogens with one attached hydrogen (secondary N) is 1. The third-order valence-electron chi connectivity index (χ3n) is 6.71. The standard InChI is InChI=1S/C29H23ClN4O4/c30-25-4-2-1-3-21(25)13-16-38-28(37)33-26-22(17-31)18-32-34(26)24-11-7-20(8-12-24)19-5-9-23(10-6-19)29(14-15-29)27(35)36/h1-12,18H,13-16H2,(H,33,37)(H,35,36). The molecule has 9 heteroatoms. The van der Waals surface area contributed by atoms with E-state index in [9.17, 15) is 20.0 Å². The number of benzene rings is 3. The zero-order valence-corrected chi connectivity index (χ0v) is 21.0. The van der Waals surface area contributed by atoms with E-state index >= 15 is 0 Å². The quantitative estimate of drug-likeness (QED) is 0.292. The van der Waals surface area contributed by atoms with Crippen molar-refractivity contribution in [2.45, 2.75) is 24.7 Å². The monoisotopic (exact) mass is 526 g/mol. The van der Waals surface area contributed by atoms with Crippen LogP contribution in [0.3, 0.4) is 0 Å². The highest BCUT2D eigenvalue weighted by atomic mass is 35.5. The molecule has 0 atom stereocenters. The summed E-state index contributed by atoms with van der Waals surface area (Å²) in [5, 5.41) is 26.5. The number of anilines is 1. The lowest BCUT2D eigenvalue weighted by molar-refractivity contribution is -0.140. The van der Waals surface area contributed by atoms with Gasteiger partial charge in [-0.25, -0.2) is 9.48 Å². The average Bonchev–Trinajstić information content (AvgIpc) is 3.66. The molecule has 1 fully saturated rings. The molecule has 1 aliphatic rings. The average molecular weight is 527 g/mol. The molecular weight excluding hydrogens is 504 g/mol. The van der Waals surface area contributed by atoms with Crippen molar-refractivity contribution in [2.24, 2.45) is 0 Å². The van der Waals surface area contributed by atoms with Crippen molar-refractivity contribution in [2.75, 3.05) is 11.9 Å². The number of carboxylic acid groups (broad SMARTS) is 1. The first-order valence-corrected chi connectivity index (χ1v) is 12.4. The molecule has 0 bridgehead atoms. The summed E-state index contributed by atoms with van der Waals surface area (Å²) in [5.74, 6) is -0.574. The van der Waals surface area contributed by atoms with E-state index in [1.54, 1.807) is 6.07 Å². The van der Waals surface area contributed by atoms with Gasteiger partial charge in [-0.15, -0.1) is 0 Å². The molecule has 0 saturated heterocycles. The van der Waals surface area contributed by atoms with Crippen molar-refractivity contribution < 1.29 is 19.4 Å². The predicted octanol–water partition coefficient (Wildman–Crippen LogP) is 5.97. The molecule has 0 radical (unpaired) electrons. The van der Waals surface area contributed by atoms with Gasteiger partial charge >= 0.3 is 12.1 Å². The number of nitrogens with zero attached hydrogens (tertiary/aromatic N) is 3. The lowest BCUT2D eigenvalue weighted by atomic mass is 9.94. The summed E-state index contributed by atoms with van der Waals surface area (Å²) in [5.41, 5.74) is 3.66. The molecule has 1 amide bonds. The summed E-state index contributed by atoms with van der Waals surface area (Å²) in [6.45, 7) is 0.118. The molecule has 5 rings (SSSR count). The molecule has 1 aromatic heterocycles. The summed E-state index contributed by atoms with van der Waals surface area (Å²) in [6.07, 6.45) is 2.45. The van der Waals surface area contributed by atoms with Gasteiger partial charge in [-0.3, -0.25) is 10.1 Å². The minimum absolute atomic E-state index is 0.118. The number of rotatable bonds is 8. The lowest BCUT2D eigenvalue weighted by Gasteiger charge is -2.12. The van der Waals surface area contributed by atoms with Gasteiger partial charge in [0.1, 0.15) is 11.6 Å². The second kappa shape index (κ2) is 10.4. The van der Waals surface area contributed by atoms with Crippen LogP contribution in [0.2, 0.25) is 5.02 Å². The van der Waals surface area contributed by atoms with Gasteiger partial charge < -0.3 is 9.84 Å². The molecular formula is C29H23ClN4O4. The predicted molar refractivity (Wildman–Crippen MR) is 142 cm³/mol. The summed E-state index contributed by atoms with van der Waals surface area (Å²) in [6, 6.07) is 24.4. The number of nitriles is 1. The zero-order valence-electron chi connectivity index (χ0n) is 20.2. The third-order valence-corrected chi connectivity index (χ3v) is 7.08. The number of halogens is 1. The van der Waals surface area contributed by atoms with Crippen molar-refractivity contribution in [1.29, 1.82) is 5.26 Å². The fourth-order valence-electron chi connectivity index (χ4n) is 4.36. The second-order valence-electron chi connectivity index (χ2n) is 9.04. The minimum atomic E-state index is -0.778. The molecule has 8 nitrogen and oxygen atoms in total. The second-order valence-corrected chi connectivity index (χ2v) is 9.45. The van der Waals surface area contributed by atoms with Crippen LogP contribution < -0.4 is 5.32 Å². The van der Waals surface area contributed by atoms with Crippen molar-refractivity contribution in [3.63, 3.8) is 0 Å². The van der Waals surface area contributed by atoms with Gasteiger partial charge in [-0.2, -0.15) is 10.4 Å². The van der Waals surface area contributed by atoms with E-state index in [4.69, 9.17) is 16.3 Å². The molecule has 190 valence electrons. The smallest absolute Gasteiger partial charge is 0.412 e. The highest BCUT2D eigenvalue weighted by Crippen LogP contribution is 2.48. The molecule has 2 N–H and O–H groups in total. The number of carbonyl (C=O) groups is 2. The van der Waals surface area contributed by atoms with E-state index in [-0.39, 0.29) is 18.0 Å².